The van der Waals surface area contributed by atoms with Gasteiger partial charge in [-0.2, -0.15) is 0 Å². The van der Waals surface area contributed by atoms with Gasteiger partial charge in [-0.3, -0.25) is 9.59 Å². The quantitative estimate of drug-likeness (QED) is 0.675. The van der Waals surface area contributed by atoms with Crippen molar-refractivity contribution in [1.82, 2.24) is 10.6 Å². The van der Waals surface area contributed by atoms with Crippen LogP contribution in [-0.2, 0) is 9.59 Å². The van der Waals surface area contributed by atoms with E-state index in [0.29, 0.717) is 6.42 Å². The minimum atomic E-state index is -0.509. The Morgan fingerprint density at radius 3 is 2.22 bits per heavy atom. The van der Waals surface area contributed by atoms with E-state index in [1.807, 2.05) is 13.8 Å². The van der Waals surface area contributed by atoms with Crippen LogP contribution in [0.15, 0.2) is 0 Å². The maximum absolute atomic E-state index is 11.8. The van der Waals surface area contributed by atoms with E-state index in [1.165, 1.54) is 0 Å². The van der Waals surface area contributed by atoms with Crippen LogP contribution >= 0.6 is 0 Å². The van der Waals surface area contributed by atoms with Gasteiger partial charge in [0.2, 0.25) is 11.8 Å². The number of nitrogens with two attached hydrogens (primary N) is 1. The third-order valence-electron chi connectivity index (χ3n) is 3.31. The zero-order valence-electron chi connectivity index (χ0n) is 11.6. The smallest absolute Gasteiger partial charge is 0.242 e. The molecule has 1 unspecified atom stereocenters. The molecule has 104 valence electrons. The second kappa shape index (κ2) is 6.18. The molecule has 18 heavy (non-hydrogen) atoms. The van der Waals surface area contributed by atoms with Crippen LogP contribution in [0.25, 0.3) is 0 Å². The first-order chi connectivity index (χ1) is 8.32. The van der Waals surface area contributed by atoms with Crippen molar-refractivity contribution < 1.29 is 9.59 Å². The number of hydrogen-bond donors (Lipinski definition) is 3. The summed E-state index contributed by atoms with van der Waals surface area (Å²) in [5.74, 6) is -0.290. The van der Waals surface area contributed by atoms with Crippen LogP contribution in [0.3, 0.4) is 0 Å². The molecule has 0 spiro atoms. The van der Waals surface area contributed by atoms with E-state index < -0.39 is 6.04 Å². The standard InChI is InChI=1S/C13H25N3O2/c1-9(2)15-12(18)10(3)16-11(17)8-13(14)6-4-5-7-13/h9-10H,4-8,14H2,1-3H3,(H,15,18)(H,16,17). The first-order valence-electron chi connectivity index (χ1n) is 6.71. The topological polar surface area (TPSA) is 84.2 Å². The summed E-state index contributed by atoms with van der Waals surface area (Å²) >= 11 is 0. The third-order valence-corrected chi connectivity index (χ3v) is 3.31. The first-order valence-corrected chi connectivity index (χ1v) is 6.71. The third kappa shape index (κ3) is 4.64. The van der Waals surface area contributed by atoms with Crippen LogP contribution in [0, 0.1) is 0 Å². The summed E-state index contributed by atoms with van der Waals surface area (Å²) in [5, 5.41) is 5.47. The molecule has 0 saturated heterocycles. The number of amides is 2. The van der Waals surface area contributed by atoms with E-state index in [-0.39, 0.29) is 23.4 Å². The fourth-order valence-electron chi connectivity index (χ4n) is 2.34. The van der Waals surface area contributed by atoms with Crippen molar-refractivity contribution in [3.8, 4) is 0 Å². The Morgan fingerprint density at radius 1 is 1.17 bits per heavy atom. The van der Waals surface area contributed by atoms with Gasteiger partial charge < -0.3 is 16.4 Å². The number of nitrogens with one attached hydrogen (secondary N) is 2. The molecule has 5 heteroatoms. The predicted octanol–water partition coefficient (Wildman–Crippen LogP) is 0.677. The van der Waals surface area contributed by atoms with E-state index in [4.69, 9.17) is 5.73 Å². The minimum Gasteiger partial charge on any atom is -0.352 e. The number of carbonyl (C=O) groups is 2. The van der Waals surface area contributed by atoms with E-state index >= 15 is 0 Å². The second-order valence-corrected chi connectivity index (χ2v) is 5.70. The number of rotatable bonds is 5. The van der Waals surface area contributed by atoms with Crippen LogP contribution in [0.2, 0.25) is 0 Å². The molecule has 4 N–H and O–H groups in total. The Bertz CT molecular complexity index is 309. The van der Waals surface area contributed by atoms with Gasteiger partial charge in [-0.15, -0.1) is 0 Å². The summed E-state index contributed by atoms with van der Waals surface area (Å²) in [7, 11) is 0. The Morgan fingerprint density at radius 2 is 1.72 bits per heavy atom. The van der Waals surface area contributed by atoms with Crippen LogP contribution in [0.5, 0.6) is 0 Å². The van der Waals surface area contributed by atoms with Crippen LogP contribution in [0.1, 0.15) is 52.9 Å². The molecular formula is C13H25N3O2. The highest BCUT2D eigenvalue weighted by atomic mass is 16.2. The molecule has 1 atom stereocenters. The summed E-state index contributed by atoms with van der Waals surface area (Å²) in [6.45, 7) is 5.47. The lowest BCUT2D eigenvalue weighted by atomic mass is 9.94. The molecule has 0 heterocycles. The summed E-state index contributed by atoms with van der Waals surface area (Å²) in [6, 6.07) is -0.433. The van der Waals surface area contributed by atoms with E-state index in [1.54, 1.807) is 6.92 Å². The lowest BCUT2D eigenvalue weighted by Crippen LogP contribution is -2.49. The lowest BCUT2D eigenvalue weighted by Gasteiger charge is -2.24. The van der Waals surface area contributed by atoms with Crippen molar-refractivity contribution in [3.63, 3.8) is 0 Å². The molecule has 1 saturated carbocycles. The summed E-state index contributed by atoms with van der Waals surface area (Å²) < 4.78 is 0. The molecule has 0 aromatic carbocycles. The number of carbonyl (C=O) groups excluding carboxylic acids is 2. The Kier molecular flexibility index (Phi) is 5.14. The number of hydrogen-bond acceptors (Lipinski definition) is 3. The SMILES string of the molecule is CC(C)NC(=O)C(C)NC(=O)CC1(N)CCCC1. The normalized spacial score (nSPS) is 19.6. The maximum atomic E-state index is 11.8. The van der Waals surface area contributed by atoms with E-state index in [0.717, 1.165) is 25.7 Å². The van der Waals surface area contributed by atoms with Crippen molar-refractivity contribution in [3.05, 3.63) is 0 Å². The zero-order valence-corrected chi connectivity index (χ0v) is 11.6. The van der Waals surface area contributed by atoms with Gasteiger partial charge in [-0.1, -0.05) is 12.8 Å². The highest BCUT2D eigenvalue weighted by Crippen LogP contribution is 2.29. The van der Waals surface area contributed by atoms with Crippen molar-refractivity contribution in [2.75, 3.05) is 0 Å². The van der Waals surface area contributed by atoms with E-state index in [9.17, 15) is 9.59 Å². The molecule has 1 rings (SSSR count). The average Bonchev–Trinajstić information content (AvgIpc) is 2.63. The average molecular weight is 255 g/mol. The van der Waals surface area contributed by atoms with E-state index in [2.05, 4.69) is 10.6 Å². The van der Waals surface area contributed by atoms with Gasteiger partial charge in [0.05, 0.1) is 0 Å². The predicted molar refractivity (Wildman–Crippen MR) is 70.9 cm³/mol. The molecule has 1 aliphatic carbocycles. The first kappa shape index (κ1) is 15.0. The molecule has 1 fully saturated rings. The molecule has 0 bridgehead atoms. The van der Waals surface area contributed by atoms with Crippen molar-refractivity contribution in [1.29, 1.82) is 0 Å². The van der Waals surface area contributed by atoms with Gasteiger partial charge in [0, 0.05) is 18.0 Å². The van der Waals surface area contributed by atoms with Crippen LogP contribution < -0.4 is 16.4 Å². The second-order valence-electron chi connectivity index (χ2n) is 5.70. The summed E-state index contributed by atoms with van der Waals surface area (Å²) in [6.07, 6.45) is 4.28. The van der Waals surface area contributed by atoms with Crippen molar-refractivity contribution in [2.24, 2.45) is 5.73 Å². The van der Waals surface area contributed by atoms with Gasteiger partial charge in [0.25, 0.3) is 0 Å². The minimum absolute atomic E-state index is 0.0764. The summed E-state index contributed by atoms with van der Waals surface area (Å²) in [4.78, 5) is 23.5. The molecular weight excluding hydrogens is 230 g/mol. The zero-order chi connectivity index (χ0) is 13.8. The summed E-state index contributed by atoms with van der Waals surface area (Å²) in [5.41, 5.74) is 5.77. The molecule has 2 amide bonds. The van der Waals surface area contributed by atoms with Crippen LogP contribution in [0.4, 0.5) is 0 Å². The fourth-order valence-corrected chi connectivity index (χ4v) is 2.34. The molecule has 0 aliphatic heterocycles. The highest BCUT2D eigenvalue weighted by molar-refractivity contribution is 5.87. The Labute approximate surface area is 109 Å². The monoisotopic (exact) mass is 255 g/mol. The molecule has 5 nitrogen and oxygen atoms in total. The Hall–Kier alpha value is -1.10. The molecule has 0 radical (unpaired) electrons. The van der Waals surface area contributed by atoms with Crippen molar-refractivity contribution in [2.45, 2.75) is 70.5 Å². The molecule has 0 aromatic heterocycles. The van der Waals surface area contributed by atoms with Crippen LogP contribution in [-0.4, -0.2) is 29.4 Å². The van der Waals surface area contributed by atoms with Crippen molar-refractivity contribution >= 4 is 11.8 Å². The van der Waals surface area contributed by atoms with Gasteiger partial charge in [-0.05, 0) is 33.6 Å². The van der Waals surface area contributed by atoms with Gasteiger partial charge >= 0.3 is 0 Å². The molecule has 1 aliphatic rings. The van der Waals surface area contributed by atoms with Gasteiger partial charge in [0.1, 0.15) is 6.04 Å². The fraction of sp³-hybridized carbons (Fsp3) is 0.846. The molecule has 0 aromatic rings. The highest BCUT2D eigenvalue weighted by Gasteiger charge is 2.32. The van der Waals surface area contributed by atoms with Gasteiger partial charge in [-0.25, -0.2) is 0 Å². The lowest BCUT2D eigenvalue weighted by molar-refractivity contribution is -0.129. The largest absolute Gasteiger partial charge is 0.352 e. The maximum Gasteiger partial charge on any atom is 0.242 e. The Balaban J connectivity index is 2.37. The van der Waals surface area contributed by atoms with Gasteiger partial charge in [0.15, 0.2) is 0 Å².